The molecule has 0 bridgehead atoms. The topological polar surface area (TPSA) is 35.2 Å². The maximum absolute atomic E-state index is 6.35. The van der Waals surface area contributed by atoms with Crippen LogP contribution in [0.3, 0.4) is 0 Å². The van der Waals surface area contributed by atoms with E-state index in [1.165, 1.54) is 19.3 Å². The van der Waals surface area contributed by atoms with Gasteiger partial charge in [-0.15, -0.1) is 0 Å². The summed E-state index contributed by atoms with van der Waals surface area (Å²) in [6, 6.07) is 0.373. The van der Waals surface area contributed by atoms with Crippen LogP contribution in [0.15, 0.2) is 0 Å². The van der Waals surface area contributed by atoms with E-state index in [2.05, 4.69) is 27.7 Å². The molecule has 0 radical (unpaired) electrons. The lowest BCUT2D eigenvalue weighted by Crippen LogP contribution is -2.47. The number of rotatable bonds is 4. The Balaban J connectivity index is 2.67. The standard InChI is InChI=1S/C14H29NO/c1-10-6-7-12(13(15)8-10)14(3,4)11(2)9-16-5/h10-13H,6-9,15H2,1-5H3. The summed E-state index contributed by atoms with van der Waals surface area (Å²) in [7, 11) is 1.79. The smallest absolute Gasteiger partial charge is 0.0493 e. The van der Waals surface area contributed by atoms with E-state index < -0.39 is 0 Å². The predicted octanol–water partition coefficient (Wildman–Crippen LogP) is 3.06. The van der Waals surface area contributed by atoms with Gasteiger partial charge in [0.25, 0.3) is 0 Å². The Morgan fingerprint density at radius 2 is 2.00 bits per heavy atom. The molecule has 4 atom stereocenters. The van der Waals surface area contributed by atoms with Crippen molar-refractivity contribution < 1.29 is 4.74 Å². The number of hydrogen-bond acceptors (Lipinski definition) is 2. The Morgan fingerprint density at radius 1 is 1.38 bits per heavy atom. The fourth-order valence-electron chi connectivity index (χ4n) is 3.18. The molecule has 96 valence electrons. The van der Waals surface area contributed by atoms with Gasteiger partial charge in [0, 0.05) is 19.8 Å². The largest absolute Gasteiger partial charge is 0.384 e. The van der Waals surface area contributed by atoms with Gasteiger partial charge in [0.05, 0.1) is 0 Å². The average Bonchev–Trinajstić information content (AvgIpc) is 2.17. The summed E-state index contributed by atoms with van der Waals surface area (Å²) in [4.78, 5) is 0. The van der Waals surface area contributed by atoms with Crippen molar-refractivity contribution in [1.82, 2.24) is 0 Å². The van der Waals surface area contributed by atoms with Crippen LogP contribution in [0.5, 0.6) is 0 Å². The van der Waals surface area contributed by atoms with Crippen LogP contribution in [0.1, 0.15) is 47.0 Å². The molecule has 1 rings (SSSR count). The van der Waals surface area contributed by atoms with Crippen LogP contribution < -0.4 is 5.73 Å². The molecule has 2 heteroatoms. The van der Waals surface area contributed by atoms with Crippen LogP contribution in [0, 0.1) is 23.2 Å². The van der Waals surface area contributed by atoms with Crippen LogP contribution in [-0.2, 0) is 4.74 Å². The highest BCUT2D eigenvalue weighted by Crippen LogP contribution is 2.44. The third-order valence-electron chi connectivity index (χ3n) is 4.80. The SMILES string of the molecule is COCC(C)C(C)(C)C1CCC(C)CC1N. The van der Waals surface area contributed by atoms with Crippen molar-refractivity contribution in [2.24, 2.45) is 28.9 Å². The van der Waals surface area contributed by atoms with E-state index in [0.717, 1.165) is 12.5 Å². The van der Waals surface area contributed by atoms with Crippen LogP contribution >= 0.6 is 0 Å². The summed E-state index contributed by atoms with van der Waals surface area (Å²) >= 11 is 0. The summed E-state index contributed by atoms with van der Waals surface area (Å²) in [5.74, 6) is 2.02. The molecule has 4 unspecified atom stereocenters. The Bertz CT molecular complexity index is 215. The minimum Gasteiger partial charge on any atom is -0.384 e. The van der Waals surface area contributed by atoms with Crippen LogP contribution in [0.4, 0.5) is 0 Å². The molecular weight excluding hydrogens is 198 g/mol. The van der Waals surface area contributed by atoms with E-state index in [4.69, 9.17) is 10.5 Å². The zero-order chi connectivity index (χ0) is 12.3. The van der Waals surface area contributed by atoms with E-state index in [1.54, 1.807) is 7.11 Å². The molecule has 0 saturated heterocycles. The van der Waals surface area contributed by atoms with Crippen molar-refractivity contribution in [2.45, 2.75) is 53.0 Å². The summed E-state index contributed by atoms with van der Waals surface area (Å²) in [6.07, 6.45) is 3.80. The average molecular weight is 227 g/mol. The molecule has 0 aromatic carbocycles. The first-order chi connectivity index (χ1) is 7.39. The molecule has 0 spiro atoms. The van der Waals surface area contributed by atoms with Crippen LogP contribution in [0.25, 0.3) is 0 Å². The van der Waals surface area contributed by atoms with E-state index >= 15 is 0 Å². The Labute approximate surface area is 101 Å². The molecule has 1 saturated carbocycles. The summed E-state index contributed by atoms with van der Waals surface area (Å²) in [5.41, 5.74) is 6.64. The monoisotopic (exact) mass is 227 g/mol. The highest BCUT2D eigenvalue weighted by atomic mass is 16.5. The van der Waals surface area contributed by atoms with Gasteiger partial charge >= 0.3 is 0 Å². The molecule has 16 heavy (non-hydrogen) atoms. The predicted molar refractivity (Wildman–Crippen MR) is 69.3 cm³/mol. The number of nitrogens with two attached hydrogens (primary N) is 1. The van der Waals surface area contributed by atoms with E-state index in [9.17, 15) is 0 Å². The van der Waals surface area contributed by atoms with Crippen molar-refractivity contribution in [3.8, 4) is 0 Å². The molecule has 0 aromatic heterocycles. The van der Waals surface area contributed by atoms with Crippen molar-refractivity contribution in [3.63, 3.8) is 0 Å². The minimum absolute atomic E-state index is 0.287. The highest BCUT2D eigenvalue weighted by molar-refractivity contribution is 4.92. The van der Waals surface area contributed by atoms with Crippen molar-refractivity contribution >= 4 is 0 Å². The van der Waals surface area contributed by atoms with Gasteiger partial charge in [-0.1, -0.05) is 34.1 Å². The molecule has 2 N–H and O–H groups in total. The quantitative estimate of drug-likeness (QED) is 0.801. The summed E-state index contributed by atoms with van der Waals surface area (Å²) < 4.78 is 5.30. The first kappa shape index (κ1) is 14.0. The maximum Gasteiger partial charge on any atom is 0.0493 e. The third-order valence-corrected chi connectivity index (χ3v) is 4.80. The van der Waals surface area contributed by atoms with Crippen molar-refractivity contribution in [2.75, 3.05) is 13.7 Å². The second-order valence-electron chi connectivity index (χ2n) is 6.37. The lowest BCUT2D eigenvalue weighted by atomic mass is 9.62. The summed E-state index contributed by atoms with van der Waals surface area (Å²) in [5, 5.41) is 0. The Hall–Kier alpha value is -0.0800. The molecule has 2 nitrogen and oxygen atoms in total. The number of hydrogen-bond donors (Lipinski definition) is 1. The van der Waals surface area contributed by atoms with Gasteiger partial charge in [-0.3, -0.25) is 0 Å². The normalized spacial score (nSPS) is 33.8. The molecule has 0 amide bonds. The van der Waals surface area contributed by atoms with Gasteiger partial charge in [-0.05, 0) is 36.0 Å². The molecule has 1 aliphatic rings. The fourth-order valence-corrected chi connectivity index (χ4v) is 3.18. The zero-order valence-electron chi connectivity index (χ0n) is 11.6. The zero-order valence-corrected chi connectivity index (χ0v) is 11.6. The van der Waals surface area contributed by atoms with Crippen molar-refractivity contribution in [3.05, 3.63) is 0 Å². The molecule has 0 aliphatic heterocycles. The summed E-state index contributed by atoms with van der Waals surface area (Å²) in [6.45, 7) is 10.2. The first-order valence-corrected chi connectivity index (χ1v) is 6.64. The van der Waals surface area contributed by atoms with Gasteiger partial charge in [0.15, 0.2) is 0 Å². The van der Waals surface area contributed by atoms with Crippen molar-refractivity contribution in [1.29, 1.82) is 0 Å². The number of methoxy groups -OCH3 is 1. The minimum atomic E-state index is 0.287. The second kappa shape index (κ2) is 5.50. The van der Waals surface area contributed by atoms with Gasteiger partial charge in [0.2, 0.25) is 0 Å². The number of ether oxygens (including phenoxy) is 1. The third kappa shape index (κ3) is 2.98. The molecular formula is C14H29NO. The van der Waals surface area contributed by atoms with Gasteiger partial charge in [-0.2, -0.15) is 0 Å². The molecule has 1 aliphatic carbocycles. The van der Waals surface area contributed by atoms with Gasteiger partial charge in [-0.25, -0.2) is 0 Å². The fraction of sp³-hybridized carbons (Fsp3) is 1.00. The highest BCUT2D eigenvalue weighted by Gasteiger charge is 2.40. The molecule has 0 heterocycles. The first-order valence-electron chi connectivity index (χ1n) is 6.64. The molecule has 0 aromatic rings. The van der Waals surface area contributed by atoms with Gasteiger partial charge in [0.1, 0.15) is 0 Å². The van der Waals surface area contributed by atoms with Crippen LogP contribution in [0.2, 0.25) is 0 Å². The Kier molecular flexibility index (Phi) is 4.81. The van der Waals surface area contributed by atoms with E-state index in [-0.39, 0.29) is 5.41 Å². The van der Waals surface area contributed by atoms with Gasteiger partial charge < -0.3 is 10.5 Å². The molecule has 1 fully saturated rings. The van der Waals surface area contributed by atoms with E-state index in [1.807, 2.05) is 0 Å². The lowest BCUT2D eigenvalue weighted by molar-refractivity contribution is 0.0198. The second-order valence-corrected chi connectivity index (χ2v) is 6.37. The maximum atomic E-state index is 6.35. The lowest BCUT2D eigenvalue weighted by Gasteiger charge is -2.46. The van der Waals surface area contributed by atoms with Crippen LogP contribution in [-0.4, -0.2) is 19.8 Å². The van der Waals surface area contributed by atoms with E-state index in [0.29, 0.717) is 17.9 Å². The Morgan fingerprint density at radius 3 is 2.50 bits per heavy atom.